The lowest BCUT2D eigenvalue weighted by Gasteiger charge is -2.30. The summed E-state index contributed by atoms with van der Waals surface area (Å²) >= 11 is 0. The molecule has 22 heavy (non-hydrogen) atoms. The SMILES string of the molecule is Cc1ccc(C(C)(C)CC(=O)NC2CCC(CO)CC2)cc1. The van der Waals surface area contributed by atoms with Crippen LogP contribution in [-0.4, -0.2) is 23.7 Å². The summed E-state index contributed by atoms with van der Waals surface area (Å²) in [4.78, 5) is 12.4. The van der Waals surface area contributed by atoms with E-state index in [0.717, 1.165) is 25.7 Å². The van der Waals surface area contributed by atoms with E-state index in [9.17, 15) is 9.90 Å². The Hall–Kier alpha value is -1.35. The highest BCUT2D eigenvalue weighted by atomic mass is 16.3. The molecule has 0 radical (unpaired) electrons. The van der Waals surface area contributed by atoms with Crippen LogP contribution in [0.1, 0.15) is 57.1 Å². The van der Waals surface area contributed by atoms with Gasteiger partial charge in [-0.3, -0.25) is 4.79 Å². The van der Waals surface area contributed by atoms with E-state index in [2.05, 4.69) is 50.4 Å². The highest BCUT2D eigenvalue weighted by Crippen LogP contribution is 2.28. The van der Waals surface area contributed by atoms with Gasteiger partial charge >= 0.3 is 0 Å². The van der Waals surface area contributed by atoms with Gasteiger partial charge in [0.15, 0.2) is 0 Å². The maximum atomic E-state index is 12.4. The van der Waals surface area contributed by atoms with Gasteiger partial charge in [0, 0.05) is 19.1 Å². The number of benzene rings is 1. The maximum Gasteiger partial charge on any atom is 0.221 e. The third kappa shape index (κ3) is 4.57. The molecule has 1 aromatic carbocycles. The maximum absolute atomic E-state index is 12.4. The van der Waals surface area contributed by atoms with Crippen LogP contribution >= 0.6 is 0 Å². The Morgan fingerprint density at radius 1 is 1.18 bits per heavy atom. The van der Waals surface area contributed by atoms with Gasteiger partial charge in [-0.1, -0.05) is 43.7 Å². The summed E-state index contributed by atoms with van der Waals surface area (Å²) in [5.41, 5.74) is 2.29. The van der Waals surface area contributed by atoms with Crippen molar-refractivity contribution in [2.75, 3.05) is 6.61 Å². The smallest absolute Gasteiger partial charge is 0.221 e. The molecule has 0 unspecified atom stereocenters. The minimum Gasteiger partial charge on any atom is -0.396 e. The van der Waals surface area contributed by atoms with Crippen molar-refractivity contribution in [3.05, 3.63) is 35.4 Å². The molecule has 0 spiro atoms. The standard InChI is InChI=1S/C19H29NO2/c1-14-4-8-16(9-5-14)19(2,3)12-18(22)20-17-10-6-15(13-21)7-11-17/h4-5,8-9,15,17,21H,6-7,10-13H2,1-3H3,(H,20,22). The molecule has 0 saturated heterocycles. The van der Waals surface area contributed by atoms with Crippen LogP contribution in [0.15, 0.2) is 24.3 Å². The first-order chi connectivity index (χ1) is 10.4. The molecule has 2 N–H and O–H groups in total. The van der Waals surface area contributed by atoms with Crippen LogP contribution in [0.25, 0.3) is 0 Å². The average Bonchev–Trinajstić information content (AvgIpc) is 2.48. The van der Waals surface area contributed by atoms with E-state index in [0.29, 0.717) is 12.3 Å². The van der Waals surface area contributed by atoms with Gasteiger partial charge in [0.25, 0.3) is 0 Å². The highest BCUT2D eigenvalue weighted by Gasteiger charge is 2.27. The molecule has 0 aromatic heterocycles. The number of carbonyl (C=O) groups is 1. The van der Waals surface area contributed by atoms with Crippen molar-refractivity contribution < 1.29 is 9.90 Å². The van der Waals surface area contributed by atoms with Gasteiger partial charge in [-0.25, -0.2) is 0 Å². The van der Waals surface area contributed by atoms with Gasteiger partial charge in [-0.05, 0) is 49.5 Å². The molecule has 3 nitrogen and oxygen atoms in total. The van der Waals surface area contributed by atoms with Crippen molar-refractivity contribution in [1.29, 1.82) is 0 Å². The molecular formula is C19H29NO2. The van der Waals surface area contributed by atoms with E-state index >= 15 is 0 Å². The number of aliphatic hydroxyl groups is 1. The molecule has 1 saturated carbocycles. The van der Waals surface area contributed by atoms with Crippen LogP contribution in [0.2, 0.25) is 0 Å². The number of hydrogen-bond donors (Lipinski definition) is 2. The highest BCUT2D eigenvalue weighted by molar-refractivity contribution is 5.77. The lowest BCUT2D eigenvalue weighted by atomic mass is 9.80. The summed E-state index contributed by atoms with van der Waals surface area (Å²) in [6.45, 7) is 6.60. The van der Waals surface area contributed by atoms with Gasteiger partial charge in [0.1, 0.15) is 0 Å². The molecule has 1 fully saturated rings. The zero-order chi connectivity index (χ0) is 16.2. The van der Waals surface area contributed by atoms with Gasteiger partial charge in [0.05, 0.1) is 0 Å². The first-order valence-corrected chi connectivity index (χ1v) is 8.38. The predicted octanol–water partition coefficient (Wildman–Crippen LogP) is 3.33. The Morgan fingerprint density at radius 2 is 1.77 bits per heavy atom. The molecule has 0 bridgehead atoms. The first-order valence-electron chi connectivity index (χ1n) is 8.38. The second kappa shape index (κ2) is 7.28. The molecule has 1 aliphatic carbocycles. The molecule has 1 aromatic rings. The summed E-state index contributed by atoms with van der Waals surface area (Å²) in [5, 5.41) is 12.4. The number of carbonyl (C=O) groups excluding carboxylic acids is 1. The zero-order valence-corrected chi connectivity index (χ0v) is 14.1. The number of aliphatic hydroxyl groups excluding tert-OH is 1. The van der Waals surface area contributed by atoms with Crippen LogP contribution in [0, 0.1) is 12.8 Å². The fraction of sp³-hybridized carbons (Fsp3) is 0.632. The lowest BCUT2D eigenvalue weighted by molar-refractivity contribution is -0.123. The number of nitrogens with one attached hydrogen (secondary N) is 1. The van der Waals surface area contributed by atoms with Gasteiger partial charge < -0.3 is 10.4 Å². The van der Waals surface area contributed by atoms with Crippen molar-refractivity contribution in [3.63, 3.8) is 0 Å². The van der Waals surface area contributed by atoms with E-state index in [-0.39, 0.29) is 24.0 Å². The molecule has 1 amide bonds. The van der Waals surface area contributed by atoms with Gasteiger partial charge in [-0.15, -0.1) is 0 Å². The number of rotatable bonds is 5. The van der Waals surface area contributed by atoms with Crippen LogP contribution in [0.5, 0.6) is 0 Å². The molecule has 0 heterocycles. The van der Waals surface area contributed by atoms with Crippen LogP contribution in [-0.2, 0) is 10.2 Å². The Morgan fingerprint density at radius 3 is 2.32 bits per heavy atom. The minimum atomic E-state index is -0.153. The largest absolute Gasteiger partial charge is 0.396 e. The quantitative estimate of drug-likeness (QED) is 0.876. The van der Waals surface area contributed by atoms with E-state index < -0.39 is 0 Å². The topological polar surface area (TPSA) is 49.3 Å². The molecule has 3 heteroatoms. The summed E-state index contributed by atoms with van der Waals surface area (Å²) < 4.78 is 0. The first kappa shape index (κ1) is 17.0. The summed E-state index contributed by atoms with van der Waals surface area (Å²) in [5.74, 6) is 0.565. The Bertz CT molecular complexity index is 485. The molecule has 0 aliphatic heterocycles. The Labute approximate surface area is 134 Å². The molecule has 0 atom stereocenters. The number of aryl methyl sites for hydroxylation is 1. The second-order valence-electron chi connectivity index (χ2n) is 7.39. The van der Waals surface area contributed by atoms with E-state index in [4.69, 9.17) is 0 Å². The minimum absolute atomic E-state index is 0.137. The normalized spacial score (nSPS) is 22.4. The Kier molecular flexibility index (Phi) is 5.63. The summed E-state index contributed by atoms with van der Waals surface area (Å²) in [7, 11) is 0. The van der Waals surface area contributed by atoms with Crippen molar-refractivity contribution in [1.82, 2.24) is 5.32 Å². The van der Waals surface area contributed by atoms with E-state index in [1.54, 1.807) is 0 Å². The van der Waals surface area contributed by atoms with Crippen molar-refractivity contribution in [2.24, 2.45) is 5.92 Å². The second-order valence-corrected chi connectivity index (χ2v) is 7.39. The van der Waals surface area contributed by atoms with E-state index in [1.165, 1.54) is 11.1 Å². The molecule has 122 valence electrons. The third-order valence-corrected chi connectivity index (χ3v) is 4.91. The van der Waals surface area contributed by atoms with Crippen molar-refractivity contribution >= 4 is 5.91 Å². The van der Waals surface area contributed by atoms with Crippen molar-refractivity contribution in [2.45, 2.75) is 64.3 Å². The van der Waals surface area contributed by atoms with Crippen LogP contribution in [0.3, 0.4) is 0 Å². The summed E-state index contributed by atoms with van der Waals surface area (Å²) in [6.07, 6.45) is 4.52. The Balaban J connectivity index is 1.87. The monoisotopic (exact) mass is 303 g/mol. The van der Waals surface area contributed by atoms with Crippen molar-refractivity contribution in [3.8, 4) is 0 Å². The number of amides is 1. The van der Waals surface area contributed by atoms with Gasteiger partial charge in [-0.2, -0.15) is 0 Å². The average molecular weight is 303 g/mol. The fourth-order valence-electron chi connectivity index (χ4n) is 3.28. The fourth-order valence-corrected chi connectivity index (χ4v) is 3.28. The lowest BCUT2D eigenvalue weighted by Crippen LogP contribution is -2.40. The van der Waals surface area contributed by atoms with Crippen LogP contribution in [0.4, 0.5) is 0 Å². The van der Waals surface area contributed by atoms with Gasteiger partial charge in [0.2, 0.25) is 5.91 Å². The predicted molar refractivity (Wildman–Crippen MR) is 89.8 cm³/mol. The zero-order valence-electron chi connectivity index (χ0n) is 14.1. The molecule has 1 aliphatic rings. The summed E-state index contributed by atoms with van der Waals surface area (Å²) in [6, 6.07) is 8.73. The van der Waals surface area contributed by atoms with E-state index in [1.807, 2.05) is 0 Å². The molecular weight excluding hydrogens is 274 g/mol. The van der Waals surface area contributed by atoms with Crippen LogP contribution < -0.4 is 5.32 Å². The molecule has 2 rings (SSSR count). The third-order valence-electron chi connectivity index (χ3n) is 4.91. The number of hydrogen-bond acceptors (Lipinski definition) is 2.